The van der Waals surface area contributed by atoms with Crippen LogP contribution in [0.15, 0.2) is 18.3 Å². The first-order valence-corrected chi connectivity index (χ1v) is 8.37. The zero-order valence-electron chi connectivity index (χ0n) is 14.7. The second-order valence-electron chi connectivity index (χ2n) is 7.25. The fourth-order valence-corrected chi connectivity index (χ4v) is 2.66. The minimum absolute atomic E-state index is 0.205. The molecular formula is C18H28N2O3. The number of aromatic nitrogens is 1. The summed E-state index contributed by atoms with van der Waals surface area (Å²) in [4.78, 5) is 18.2. The molecule has 0 spiro atoms. The van der Waals surface area contributed by atoms with Crippen molar-refractivity contribution in [2.75, 3.05) is 19.7 Å². The number of piperidine rings is 1. The lowest BCUT2D eigenvalue weighted by atomic mass is 9.95. The maximum Gasteiger partial charge on any atom is 0.410 e. The molecular weight excluding hydrogens is 292 g/mol. The normalized spacial score (nSPS) is 18.6. The van der Waals surface area contributed by atoms with Crippen molar-refractivity contribution in [1.29, 1.82) is 0 Å². The fraction of sp³-hybridized carbons (Fsp3) is 0.667. The molecule has 128 valence electrons. The van der Waals surface area contributed by atoms with Crippen LogP contribution < -0.4 is 4.74 Å². The first-order valence-electron chi connectivity index (χ1n) is 8.37. The summed E-state index contributed by atoms with van der Waals surface area (Å²) in [6.45, 7) is 9.86. The Balaban J connectivity index is 1.75. The number of pyridine rings is 1. The van der Waals surface area contributed by atoms with Gasteiger partial charge in [0.25, 0.3) is 0 Å². The standard InChI is InChI=1S/C18H28N2O3/c1-14-7-8-16(19-12-14)22-11-9-15-6-5-10-20(13-15)17(21)23-18(2,3)4/h7-8,12,15H,5-6,9-11,13H2,1-4H3/t15-/m0/s1. The van der Waals surface area contributed by atoms with Crippen LogP contribution >= 0.6 is 0 Å². The van der Waals surface area contributed by atoms with Crippen LogP contribution in [0, 0.1) is 12.8 Å². The Morgan fingerprint density at radius 3 is 2.83 bits per heavy atom. The number of ether oxygens (including phenoxy) is 2. The summed E-state index contributed by atoms with van der Waals surface area (Å²) in [7, 11) is 0. The molecule has 1 saturated heterocycles. The number of likely N-dealkylation sites (tertiary alicyclic amines) is 1. The number of hydrogen-bond acceptors (Lipinski definition) is 4. The lowest BCUT2D eigenvalue weighted by Crippen LogP contribution is -2.43. The fourth-order valence-electron chi connectivity index (χ4n) is 2.66. The quantitative estimate of drug-likeness (QED) is 0.846. The summed E-state index contributed by atoms with van der Waals surface area (Å²) < 4.78 is 11.2. The summed E-state index contributed by atoms with van der Waals surface area (Å²) in [5, 5.41) is 0. The molecule has 2 rings (SSSR count). The van der Waals surface area contributed by atoms with Crippen LogP contribution in [0.2, 0.25) is 0 Å². The highest BCUT2D eigenvalue weighted by molar-refractivity contribution is 5.68. The van der Waals surface area contributed by atoms with Gasteiger partial charge in [0.2, 0.25) is 5.88 Å². The molecule has 23 heavy (non-hydrogen) atoms. The summed E-state index contributed by atoms with van der Waals surface area (Å²) in [5.41, 5.74) is 0.683. The molecule has 0 saturated carbocycles. The maximum absolute atomic E-state index is 12.1. The minimum atomic E-state index is -0.440. The molecule has 0 N–H and O–H groups in total. The van der Waals surface area contributed by atoms with E-state index in [1.807, 2.05) is 44.7 Å². The summed E-state index contributed by atoms with van der Waals surface area (Å²) in [6, 6.07) is 3.89. The van der Waals surface area contributed by atoms with Gasteiger partial charge in [0.05, 0.1) is 6.61 Å². The third-order valence-electron chi connectivity index (χ3n) is 3.83. The van der Waals surface area contributed by atoms with Gasteiger partial charge in [0.1, 0.15) is 5.60 Å². The van der Waals surface area contributed by atoms with Crippen molar-refractivity contribution in [3.05, 3.63) is 23.9 Å². The van der Waals surface area contributed by atoms with Gasteiger partial charge in [-0.3, -0.25) is 0 Å². The van der Waals surface area contributed by atoms with Crippen molar-refractivity contribution < 1.29 is 14.3 Å². The van der Waals surface area contributed by atoms with Crippen LogP contribution in [0.5, 0.6) is 5.88 Å². The first kappa shape index (κ1) is 17.6. The van der Waals surface area contributed by atoms with E-state index in [1.165, 1.54) is 0 Å². The van der Waals surface area contributed by atoms with Crippen molar-refractivity contribution in [1.82, 2.24) is 9.88 Å². The molecule has 2 heterocycles. The molecule has 1 aromatic heterocycles. The predicted octanol–water partition coefficient (Wildman–Crippen LogP) is 3.81. The van der Waals surface area contributed by atoms with Gasteiger partial charge in [-0.25, -0.2) is 9.78 Å². The van der Waals surface area contributed by atoms with E-state index in [0.717, 1.165) is 37.9 Å². The molecule has 0 radical (unpaired) electrons. The van der Waals surface area contributed by atoms with E-state index in [1.54, 1.807) is 6.20 Å². The number of rotatable bonds is 4. The molecule has 5 nitrogen and oxygen atoms in total. The Morgan fingerprint density at radius 2 is 2.17 bits per heavy atom. The molecule has 1 aromatic rings. The van der Waals surface area contributed by atoms with Gasteiger partial charge >= 0.3 is 6.09 Å². The van der Waals surface area contributed by atoms with Crippen LogP contribution in [0.25, 0.3) is 0 Å². The van der Waals surface area contributed by atoms with Crippen LogP contribution in [0.1, 0.15) is 45.6 Å². The number of aryl methyl sites for hydroxylation is 1. The third kappa shape index (κ3) is 6.08. The highest BCUT2D eigenvalue weighted by Crippen LogP contribution is 2.22. The molecule has 0 bridgehead atoms. The second kappa shape index (κ2) is 7.66. The molecule has 0 unspecified atom stereocenters. The van der Waals surface area contributed by atoms with Gasteiger partial charge in [0.15, 0.2) is 0 Å². The molecule has 0 aliphatic carbocycles. The molecule has 1 fully saturated rings. The van der Waals surface area contributed by atoms with E-state index in [4.69, 9.17) is 9.47 Å². The van der Waals surface area contributed by atoms with Gasteiger partial charge in [-0.1, -0.05) is 6.07 Å². The van der Waals surface area contributed by atoms with Gasteiger partial charge in [-0.15, -0.1) is 0 Å². The Labute approximate surface area is 139 Å². The third-order valence-corrected chi connectivity index (χ3v) is 3.83. The highest BCUT2D eigenvalue weighted by Gasteiger charge is 2.27. The van der Waals surface area contributed by atoms with Crippen LogP contribution in [-0.2, 0) is 4.74 Å². The van der Waals surface area contributed by atoms with Crippen molar-refractivity contribution >= 4 is 6.09 Å². The smallest absolute Gasteiger partial charge is 0.410 e. The van der Waals surface area contributed by atoms with Crippen molar-refractivity contribution in [2.24, 2.45) is 5.92 Å². The minimum Gasteiger partial charge on any atom is -0.478 e. The lowest BCUT2D eigenvalue weighted by molar-refractivity contribution is 0.0154. The molecule has 5 heteroatoms. The van der Waals surface area contributed by atoms with Crippen molar-refractivity contribution in [2.45, 2.75) is 52.6 Å². The lowest BCUT2D eigenvalue weighted by Gasteiger charge is -2.34. The number of amides is 1. The molecule has 1 aliphatic rings. The van der Waals surface area contributed by atoms with Crippen molar-refractivity contribution in [3.8, 4) is 5.88 Å². The van der Waals surface area contributed by atoms with E-state index < -0.39 is 5.60 Å². The summed E-state index contributed by atoms with van der Waals surface area (Å²) in [6.07, 6.45) is 4.68. The monoisotopic (exact) mass is 320 g/mol. The zero-order valence-corrected chi connectivity index (χ0v) is 14.7. The van der Waals surface area contributed by atoms with Crippen molar-refractivity contribution in [3.63, 3.8) is 0 Å². The topological polar surface area (TPSA) is 51.7 Å². The van der Waals surface area contributed by atoms with E-state index in [0.29, 0.717) is 18.4 Å². The Morgan fingerprint density at radius 1 is 1.39 bits per heavy atom. The average Bonchev–Trinajstić information content (AvgIpc) is 2.48. The van der Waals surface area contributed by atoms with E-state index in [2.05, 4.69) is 4.98 Å². The molecule has 0 aromatic carbocycles. The Hall–Kier alpha value is -1.78. The molecule has 1 amide bonds. The number of carbonyl (C=O) groups excluding carboxylic acids is 1. The summed E-state index contributed by atoms with van der Waals surface area (Å²) >= 11 is 0. The number of hydrogen-bond donors (Lipinski definition) is 0. The first-order chi connectivity index (χ1) is 10.8. The second-order valence-corrected chi connectivity index (χ2v) is 7.25. The summed E-state index contributed by atoms with van der Waals surface area (Å²) in [5.74, 6) is 1.12. The van der Waals surface area contributed by atoms with Gasteiger partial charge in [-0.2, -0.15) is 0 Å². The predicted molar refractivity (Wildman–Crippen MR) is 89.6 cm³/mol. The average molecular weight is 320 g/mol. The SMILES string of the molecule is Cc1ccc(OCC[C@@H]2CCCN(C(=O)OC(C)(C)C)C2)nc1. The zero-order chi connectivity index (χ0) is 16.9. The van der Waals surface area contributed by atoms with E-state index >= 15 is 0 Å². The van der Waals surface area contributed by atoms with E-state index in [9.17, 15) is 4.79 Å². The Bertz CT molecular complexity index is 508. The van der Waals surface area contributed by atoms with Crippen LogP contribution in [-0.4, -0.2) is 41.3 Å². The Kier molecular flexibility index (Phi) is 5.85. The largest absolute Gasteiger partial charge is 0.478 e. The maximum atomic E-state index is 12.1. The van der Waals surface area contributed by atoms with Crippen LogP contribution in [0.3, 0.4) is 0 Å². The van der Waals surface area contributed by atoms with Gasteiger partial charge in [0, 0.05) is 25.4 Å². The van der Waals surface area contributed by atoms with Gasteiger partial charge in [-0.05, 0) is 58.4 Å². The number of nitrogens with zero attached hydrogens (tertiary/aromatic N) is 2. The molecule has 1 atom stereocenters. The van der Waals surface area contributed by atoms with Crippen LogP contribution in [0.4, 0.5) is 4.79 Å². The van der Waals surface area contributed by atoms with E-state index in [-0.39, 0.29) is 6.09 Å². The number of carbonyl (C=O) groups is 1. The highest BCUT2D eigenvalue weighted by atomic mass is 16.6. The van der Waals surface area contributed by atoms with Gasteiger partial charge < -0.3 is 14.4 Å². The molecule has 1 aliphatic heterocycles.